The second-order valence-electron chi connectivity index (χ2n) is 11.1. The molecule has 0 saturated carbocycles. The number of hydrogen-bond acceptors (Lipinski definition) is 4. The first-order valence-electron chi connectivity index (χ1n) is 12.5. The van der Waals surface area contributed by atoms with Crippen molar-refractivity contribution in [3.63, 3.8) is 0 Å². The Morgan fingerprint density at radius 2 is 1.22 bits per heavy atom. The first kappa shape index (κ1) is 26.7. The van der Waals surface area contributed by atoms with Crippen LogP contribution in [0.25, 0.3) is 0 Å². The van der Waals surface area contributed by atoms with E-state index in [0.717, 1.165) is 16.7 Å². The molecule has 0 aliphatic carbocycles. The molecule has 4 rings (SSSR count). The zero-order valence-electron chi connectivity index (χ0n) is 22.0. The van der Waals surface area contributed by atoms with Crippen molar-refractivity contribution in [2.24, 2.45) is 5.92 Å². The van der Waals surface area contributed by atoms with Gasteiger partial charge in [-0.25, -0.2) is 0 Å². The molecular formula is C30H36NO3SSi-. The quantitative estimate of drug-likeness (QED) is 0.177. The number of thioether (sulfide) groups is 1. The molecule has 1 heterocycles. The van der Waals surface area contributed by atoms with Crippen LogP contribution in [-0.2, 0) is 14.0 Å². The van der Waals surface area contributed by atoms with E-state index in [0.29, 0.717) is 5.06 Å². The van der Waals surface area contributed by atoms with Gasteiger partial charge in [-0.2, -0.15) is 0 Å². The first-order chi connectivity index (χ1) is 17.0. The van der Waals surface area contributed by atoms with Crippen molar-refractivity contribution in [2.45, 2.75) is 62.1 Å². The van der Waals surface area contributed by atoms with Crippen LogP contribution in [0.4, 0.5) is 0 Å². The Bertz CT molecular complexity index is 1070. The number of carbonyl (C=O) groups is 1. The zero-order chi connectivity index (χ0) is 26.1. The minimum Gasteiger partial charge on any atom is -0.755 e. The summed E-state index contributed by atoms with van der Waals surface area (Å²) in [4.78, 5) is 13.0. The minimum absolute atomic E-state index is 0.00964. The van der Waals surface area contributed by atoms with Crippen LogP contribution in [0.5, 0.6) is 0 Å². The van der Waals surface area contributed by atoms with Crippen LogP contribution in [0, 0.1) is 11.1 Å². The van der Waals surface area contributed by atoms with Crippen molar-refractivity contribution < 1.29 is 9.22 Å². The summed E-state index contributed by atoms with van der Waals surface area (Å²) in [5, 5.41) is 13.2. The highest BCUT2D eigenvalue weighted by Gasteiger charge is 2.53. The molecular weight excluding hydrogens is 482 g/mol. The highest BCUT2D eigenvalue weighted by molar-refractivity contribution is 8.01. The van der Waals surface area contributed by atoms with Crippen LogP contribution in [0.3, 0.4) is 0 Å². The van der Waals surface area contributed by atoms with E-state index in [1.54, 1.807) is 11.8 Å². The van der Waals surface area contributed by atoms with Gasteiger partial charge in [-0.15, -0.1) is 11.8 Å². The molecule has 3 atom stereocenters. The van der Waals surface area contributed by atoms with E-state index in [2.05, 4.69) is 70.3 Å². The summed E-state index contributed by atoms with van der Waals surface area (Å²) in [6.07, 6.45) is -0.346. The number of hydrogen-bond donors (Lipinski definition) is 0. The molecule has 0 N–H and O–H groups in total. The van der Waals surface area contributed by atoms with E-state index >= 15 is 0 Å². The van der Waals surface area contributed by atoms with Crippen LogP contribution < -0.4 is 0 Å². The summed E-state index contributed by atoms with van der Waals surface area (Å²) in [6.45, 7) is 12.9. The van der Waals surface area contributed by atoms with E-state index in [4.69, 9.17) is 4.43 Å². The normalized spacial score (nSPS) is 19.6. The smallest absolute Gasteiger partial charge is 0.221 e. The molecule has 1 aliphatic heterocycles. The fourth-order valence-corrected chi connectivity index (χ4v) is 7.92. The van der Waals surface area contributed by atoms with Crippen molar-refractivity contribution in [1.29, 1.82) is 0 Å². The van der Waals surface area contributed by atoms with Gasteiger partial charge in [-0.3, -0.25) is 4.79 Å². The second-order valence-corrected chi connectivity index (χ2v) is 17.1. The summed E-state index contributed by atoms with van der Waals surface area (Å²) in [5.41, 5.74) is 3.20. The molecule has 0 unspecified atom stereocenters. The Morgan fingerprint density at radius 1 is 0.833 bits per heavy atom. The fourth-order valence-electron chi connectivity index (χ4n) is 4.63. The van der Waals surface area contributed by atoms with Gasteiger partial charge in [0, 0.05) is 0 Å². The standard InChI is InChI=1S/C30H36NO3SSi/c1-22(34-36(5,6)29(2,3)4)26-27(32)31(33)28(26)35-30(23-16-10-7-11-17-23,24-18-12-8-13-19-24)25-20-14-9-15-21-25/h7-22,26,28H,1-6H3/q-1/t22-,26+,28-/m1/s1. The van der Waals surface area contributed by atoms with Gasteiger partial charge in [-0.05, 0) is 41.7 Å². The van der Waals surface area contributed by atoms with Crippen LogP contribution in [0.15, 0.2) is 91.0 Å². The minimum atomic E-state index is -2.13. The Kier molecular flexibility index (Phi) is 7.54. The fraction of sp³-hybridized carbons (Fsp3) is 0.367. The lowest BCUT2D eigenvalue weighted by molar-refractivity contribution is -0.151. The average Bonchev–Trinajstić information content (AvgIpc) is 2.86. The van der Waals surface area contributed by atoms with E-state index in [-0.39, 0.29) is 17.0 Å². The maximum absolute atomic E-state index is 13.1. The first-order valence-corrected chi connectivity index (χ1v) is 16.3. The molecule has 3 aromatic carbocycles. The Hall–Kier alpha value is -2.38. The van der Waals surface area contributed by atoms with Crippen LogP contribution in [-0.4, -0.2) is 30.8 Å². The van der Waals surface area contributed by atoms with Gasteiger partial charge in [0.05, 0.1) is 22.1 Å². The summed E-state index contributed by atoms with van der Waals surface area (Å²) < 4.78 is 5.95. The van der Waals surface area contributed by atoms with Gasteiger partial charge in [0.2, 0.25) is 5.91 Å². The van der Waals surface area contributed by atoms with Crippen LogP contribution >= 0.6 is 11.8 Å². The highest BCUT2D eigenvalue weighted by Crippen LogP contribution is 2.55. The maximum atomic E-state index is 13.1. The lowest BCUT2D eigenvalue weighted by atomic mass is 9.84. The number of rotatable bonds is 8. The van der Waals surface area contributed by atoms with Crippen molar-refractivity contribution >= 4 is 26.0 Å². The average molecular weight is 519 g/mol. The van der Waals surface area contributed by atoms with E-state index in [9.17, 15) is 10.0 Å². The molecule has 190 valence electrons. The molecule has 4 nitrogen and oxygen atoms in total. The van der Waals surface area contributed by atoms with Gasteiger partial charge in [0.25, 0.3) is 0 Å². The SMILES string of the molecule is C[C@@H](O[Si](C)(C)C(C)(C)C)[C@H]1C(=O)N([O-])[C@@H]1SC(c1ccccc1)(c1ccccc1)c1ccccc1. The van der Waals surface area contributed by atoms with Gasteiger partial charge >= 0.3 is 0 Å². The number of nitrogens with zero attached hydrogens (tertiary/aromatic N) is 1. The number of hydroxylamine groups is 2. The predicted octanol–water partition coefficient (Wildman–Crippen LogP) is 7.40. The third kappa shape index (κ3) is 4.80. The highest BCUT2D eigenvalue weighted by atomic mass is 32.2. The lowest BCUT2D eigenvalue weighted by Gasteiger charge is -2.57. The monoisotopic (exact) mass is 518 g/mol. The van der Waals surface area contributed by atoms with Gasteiger partial charge < -0.3 is 14.7 Å². The van der Waals surface area contributed by atoms with Gasteiger partial charge in [-0.1, -0.05) is 112 Å². The van der Waals surface area contributed by atoms with E-state index in [1.165, 1.54) is 0 Å². The summed E-state index contributed by atoms with van der Waals surface area (Å²) >= 11 is 1.55. The third-order valence-corrected chi connectivity index (χ3v) is 14.0. The molecule has 1 amide bonds. The summed E-state index contributed by atoms with van der Waals surface area (Å²) in [5.74, 6) is -0.890. The number of benzene rings is 3. The Labute approximate surface area is 220 Å². The molecule has 1 saturated heterocycles. The van der Waals surface area contributed by atoms with Crippen molar-refractivity contribution in [1.82, 2.24) is 5.06 Å². The van der Waals surface area contributed by atoms with Gasteiger partial charge in [0.1, 0.15) is 0 Å². The van der Waals surface area contributed by atoms with Crippen molar-refractivity contribution in [3.05, 3.63) is 113 Å². The topological polar surface area (TPSA) is 52.6 Å². The molecule has 6 heteroatoms. The zero-order valence-corrected chi connectivity index (χ0v) is 23.8. The third-order valence-electron chi connectivity index (χ3n) is 7.67. The molecule has 0 radical (unpaired) electrons. The number of β-lactam (4-membered cyclic amide) rings is 1. The van der Waals surface area contributed by atoms with Crippen LogP contribution in [0.1, 0.15) is 44.4 Å². The summed E-state index contributed by atoms with van der Waals surface area (Å²) in [6, 6.07) is 30.8. The Balaban J connectivity index is 1.80. The second kappa shape index (κ2) is 10.2. The Morgan fingerprint density at radius 3 is 1.58 bits per heavy atom. The number of carbonyl (C=O) groups excluding carboxylic acids is 1. The number of amides is 1. The van der Waals surface area contributed by atoms with E-state index < -0.39 is 24.4 Å². The van der Waals surface area contributed by atoms with Crippen molar-refractivity contribution in [2.75, 3.05) is 0 Å². The summed E-state index contributed by atoms with van der Waals surface area (Å²) in [7, 11) is -2.13. The van der Waals surface area contributed by atoms with Crippen molar-refractivity contribution in [3.8, 4) is 0 Å². The molecule has 0 spiro atoms. The molecule has 1 fully saturated rings. The molecule has 1 aliphatic rings. The molecule has 0 aromatic heterocycles. The molecule has 0 bridgehead atoms. The largest absolute Gasteiger partial charge is 0.755 e. The predicted molar refractivity (Wildman–Crippen MR) is 152 cm³/mol. The maximum Gasteiger partial charge on any atom is 0.221 e. The lowest BCUT2D eigenvalue weighted by Crippen LogP contribution is -2.63. The molecule has 36 heavy (non-hydrogen) atoms. The van der Waals surface area contributed by atoms with Crippen LogP contribution in [0.2, 0.25) is 18.1 Å². The van der Waals surface area contributed by atoms with E-state index in [1.807, 2.05) is 61.5 Å². The molecule has 3 aromatic rings. The van der Waals surface area contributed by atoms with Gasteiger partial charge in [0.15, 0.2) is 8.32 Å².